The van der Waals surface area contributed by atoms with Gasteiger partial charge in [0.05, 0.1) is 0 Å². The molecule has 0 aromatic heterocycles. The maximum atomic E-state index is 12.8. The summed E-state index contributed by atoms with van der Waals surface area (Å²) < 4.78 is 0. The molecule has 0 radical (unpaired) electrons. The van der Waals surface area contributed by atoms with Crippen molar-refractivity contribution in [1.82, 2.24) is 0 Å². The number of hydrogen-bond donors (Lipinski definition) is 0. The summed E-state index contributed by atoms with van der Waals surface area (Å²) in [7, 11) is 0. The second-order valence-corrected chi connectivity index (χ2v) is 14.4. The van der Waals surface area contributed by atoms with Crippen molar-refractivity contribution >= 4 is 5.78 Å². The summed E-state index contributed by atoms with van der Waals surface area (Å²) in [4.78, 5) is 12.8. The lowest BCUT2D eigenvalue weighted by atomic mass is 9.88. The van der Waals surface area contributed by atoms with Crippen LogP contribution in [0.1, 0.15) is 246 Å². The molecule has 2 atom stereocenters. The fraction of sp³-hybridized carbons (Fsp3) is 0.976. The Labute approximate surface area is 267 Å². The van der Waals surface area contributed by atoms with Gasteiger partial charge in [-0.15, -0.1) is 0 Å². The molecule has 0 N–H and O–H groups in total. The molecule has 252 valence electrons. The largest absolute Gasteiger partial charge is 0.299 e. The van der Waals surface area contributed by atoms with Crippen LogP contribution in [0, 0.1) is 11.8 Å². The highest BCUT2D eigenvalue weighted by Gasteiger charge is 2.19. The van der Waals surface area contributed by atoms with Gasteiger partial charge in [-0.25, -0.2) is 0 Å². The number of carbonyl (C=O) groups is 1. The molecule has 0 aliphatic rings. The van der Waals surface area contributed by atoms with E-state index in [0.717, 1.165) is 12.8 Å². The van der Waals surface area contributed by atoms with Crippen molar-refractivity contribution in [3.8, 4) is 0 Å². The molecule has 0 saturated carbocycles. The molecule has 0 fully saturated rings. The van der Waals surface area contributed by atoms with Crippen molar-refractivity contribution in [2.24, 2.45) is 11.8 Å². The highest BCUT2D eigenvalue weighted by molar-refractivity contribution is 5.82. The second-order valence-electron chi connectivity index (χ2n) is 14.4. The highest BCUT2D eigenvalue weighted by Crippen LogP contribution is 2.21. The zero-order chi connectivity index (χ0) is 30.8. The molecule has 0 spiro atoms. The molecular formula is C41H82O. The van der Waals surface area contributed by atoms with Gasteiger partial charge < -0.3 is 0 Å². The molecule has 1 nitrogen and oxygen atoms in total. The molecule has 0 aliphatic heterocycles. The molecule has 42 heavy (non-hydrogen) atoms. The Kier molecular flexibility index (Phi) is 34.9. The van der Waals surface area contributed by atoms with Crippen LogP contribution >= 0.6 is 0 Å². The first-order valence-corrected chi connectivity index (χ1v) is 20.2. The van der Waals surface area contributed by atoms with Crippen molar-refractivity contribution in [1.29, 1.82) is 0 Å². The normalized spacial score (nSPS) is 13.0. The van der Waals surface area contributed by atoms with Crippen molar-refractivity contribution in [2.45, 2.75) is 246 Å². The topological polar surface area (TPSA) is 17.1 Å². The van der Waals surface area contributed by atoms with E-state index in [4.69, 9.17) is 0 Å². The van der Waals surface area contributed by atoms with E-state index in [1.165, 1.54) is 205 Å². The Bertz CT molecular complexity index is 467. The summed E-state index contributed by atoms with van der Waals surface area (Å²) in [5.41, 5.74) is 0. The Hall–Kier alpha value is -0.330. The van der Waals surface area contributed by atoms with E-state index in [1.807, 2.05) is 0 Å². The first-order chi connectivity index (χ1) is 20.6. The second kappa shape index (κ2) is 35.2. The molecule has 0 aromatic rings. The predicted octanol–water partition coefficient (Wildman–Crippen LogP) is 15.1. The van der Waals surface area contributed by atoms with Gasteiger partial charge in [-0.05, 0) is 12.8 Å². The van der Waals surface area contributed by atoms with Crippen LogP contribution in [0.25, 0.3) is 0 Å². The SMILES string of the molecule is CCCCCCCCCCCCCCCCCCC(C)C(=O)C(C)CCCCCCCCCCCCCCCCCC. The fourth-order valence-corrected chi connectivity index (χ4v) is 6.77. The predicted molar refractivity (Wildman–Crippen MR) is 192 cm³/mol. The van der Waals surface area contributed by atoms with Crippen LogP contribution < -0.4 is 0 Å². The minimum Gasteiger partial charge on any atom is -0.299 e. The average molecular weight is 591 g/mol. The maximum absolute atomic E-state index is 12.8. The summed E-state index contributed by atoms with van der Waals surface area (Å²) in [5.74, 6) is 1.08. The molecule has 0 aliphatic carbocycles. The third-order valence-electron chi connectivity index (χ3n) is 9.95. The molecule has 0 saturated heterocycles. The van der Waals surface area contributed by atoms with Crippen molar-refractivity contribution in [3.63, 3.8) is 0 Å². The van der Waals surface area contributed by atoms with Crippen molar-refractivity contribution < 1.29 is 4.79 Å². The number of carbonyl (C=O) groups excluding carboxylic acids is 1. The highest BCUT2D eigenvalue weighted by atomic mass is 16.1. The summed E-state index contributed by atoms with van der Waals surface area (Å²) in [6.45, 7) is 8.98. The van der Waals surface area contributed by atoms with E-state index >= 15 is 0 Å². The van der Waals surface area contributed by atoms with E-state index in [1.54, 1.807) is 0 Å². The molecule has 0 aromatic carbocycles. The molecule has 0 heterocycles. The monoisotopic (exact) mass is 591 g/mol. The molecule has 1 heteroatoms. The number of Topliss-reactive ketones (excluding diaryl/α,β-unsaturated/α-hetero) is 1. The van der Waals surface area contributed by atoms with Gasteiger partial charge in [-0.1, -0.05) is 233 Å². The van der Waals surface area contributed by atoms with Gasteiger partial charge in [0, 0.05) is 11.8 Å². The average Bonchev–Trinajstić information content (AvgIpc) is 3.00. The molecule has 0 bridgehead atoms. The standard InChI is InChI=1S/C41H82O/c1-5-7-9-11-13-15-17-19-21-23-25-27-29-31-33-35-37-39(3)41(42)40(4)38-36-34-32-30-28-26-24-22-20-18-16-14-12-10-8-6-2/h39-40H,5-38H2,1-4H3. The molecule has 0 rings (SSSR count). The fourth-order valence-electron chi connectivity index (χ4n) is 6.77. The third kappa shape index (κ3) is 31.1. The minimum atomic E-state index is 0.271. The third-order valence-corrected chi connectivity index (χ3v) is 9.95. The van der Waals surface area contributed by atoms with Crippen LogP contribution in [0.3, 0.4) is 0 Å². The van der Waals surface area contributed by atoms with Crippen molar-refractivity contribution in [3.05, 3.63) is 0 Å². The smallest absolute Gasteiger partial charge is 0.138 e. The number of hydrogen-bond acceptors (Lipinski definition) is 1. The summed E-state index contributed by atoms with van der Waals surface area (Å²) in [6, 6.07) is 0. The van der Waals surface area contributed by atoms with E-state index in [2.05, 4.69) is 27.7 Å². The van der Waals surface area contributed by atoms with Gasteiger partial charge in [0.2, 0.25) is 0 Å². The Balaban J connectivity index is 3.39. The number of ketones is 1. The molecular weight excluding hydrogens is 508 g/mol. The van der Waals surface area contributed by atoms with Crippen molar-refractivity contribution in [2.75, 3.05) is 0 Å². The molecule has 0 amide bonds. The van der Waals surface area contributed by atoms with Gasteiger partial charge in [0.15, 0.2) is 0 Å². The minimum absolute atomic E-state index is 0.271. The Morgan fingerprint density at radius 2 is 0.476 bits per heavy atom. The first-order valence-electron chi connectivity index (χ1n) is 20.2. The quantitative estimate of drug-likeness (QED) is 0.0663. The zero-order valence-corrected chi connectivity index (χ0v) is 30.1. The lowest BCUT2D eigenvalue weighted by molar-refractivity contribution is -0.126. The van der Waals surface area contributed by atoms with Gasteiger partial charge in [-0.2, -0.15) is 0 Å². The molecule has 2 unspecified atom stereocenters. The van der Waals surface area contributed by atoms with Gasteiger partial charge in [0.1, 0.15) is 5.78 Å². The van der Waals surface area contributed by atoms with Crippen LogP contribution in [-0.2, 0) is 4.79 Å². The lowest BCUT2D eigenvalue weighted by Gasteiger charge is -2.16. The summed E-state index contributed by atoms with van der Waals surface area (Å²) in [5, 5.41) is 0. The van der Waals surface area contributed by atoms with Crippen LogP contribution in [0.2, 0.25) is 0 Å². The maximum Gasteiger partial charge on any atom is 0.138 e. The van der Waals surface area contributed by atoms with Gasteiger partial charge >= 0.3 is 0 Å². The summed E-state index contributed by atoms with van der Waals surface area (Å²) >= 11 is 0. The van der Waals surface area contributed by atoms with Gasteiger partial charge in [0.25, 0.3) is 0 Å². The lowest BCUT2D eigenvalue weighted by Crippen LogP contribution is -2.19. The van der Waals surface area contributed by atoms with Crippen LogP contribution in [-0.4, -0.2) is 5.78 Å². The van der Waals surface area contributed by atoms with E-state index < -0.39 is 0 Å². The van der Waals surface area contributed by atoms with Gasteiger partial charge in [-0.3, -0.25) is 4.79 Å². The summed E-state index contributed by atoms with van der Waals surface area (Å²) in [6.07, 6.45) is 47.4. The Morgan fingerprint density at radius 1 is 0.310 bits per heavy atom. The Morgan fingerprint density at radius 3 is 0.667 bits per heavy atom. The van der Waals surface area contributed by atoms with E-state index in [0.29, 0.717) is 5.78 Å². The number of unbranched alkanes of at least 4 members (excludes halogenated alkanes) is 30. The van der Waals surface area contributed by atoms with Crippen LogP contribution in [0.4, 0.5) is 0 Å². The van der Waals surface area contributed by atoms with Crippen LogP contribution in [0.15, 0.2) is 0 Å². The first kappa shape index (κ1) is 41.7. The zero-order valence-electron chi connectivity index (χ0n) is 30.1. The number of rotatable bonds is 36. The van der Waals surface area contributed by atoms with Crippen LogP contribution in [0.5, 0.6) is 0 Å². The van der Waals surface area contributed by atoms with E-state index in [9.17, 15) is 4.79 Å². The van der Waals surface area contributed by atoms with E-state index in [-0.39, 0.29) is 11.8 Å².